The van der Waals surface area contributed by atoms with Gasteiger partial charge in [-0.2, -0.15) is 0 Å². The predicted molar refractivity (Wildman–Crippen MR) is 72.9 cm³/mol. The molecule has 0 saturated carbocycles. The number of nitrogens with zero attached hydrogens (tertiary/aromatic N) is 3. The smallest absolute Gasteiger partial charge is 0.149 e. The number of nitrogens with one attached hydrogen (secondary N) is 1. The SMILES string of the molecule is CCNc1cncc(N2CCCCCC2CO)n1. The minimum atomic E-state index is 0.179. The van der Waals surface area contributed by atoms with Crippen molar-refractivity contribution < 1.29 is 5.11 Å². The fourth-order valence-electron chi connectivity index (χ4n) is 2.43. The van der Waals surface area contributed by atoms with Crippen LogP contribution < -0.4 is 10.2 Å². The fourth-order valence-corrected chi connectivity index (χ4v) is 2.43. The van der Waals surface area contributed by atoms with Crippen molar-refractivity contribution in [1.29, 1.82) is 0 Å². The predicted octanol–water partition coefficient (Wildman–Crippen LogP) is 1.65. The second-order valence-corrected chi connectivity index (χ2v) is 4.67. The Morgan fingerprint density at radius 2 is 2.28 bits per heavy atom. The molecule has 1 unspecified atom stereocenters. The lowest BCUT2D eigenvalue weighted by atomic mass is 10.1. The molecule has 0 aliphatic carbocycles. The zero-order valence-electron chi connectivity index (χ0n) is 11.0. The molecule has 0 amide bonds. The van der Waals surface area contributed by atoms with Gasteiger partial charge in [0, 0.05) is 13.1 Å². The molecule has 1 aliphatic rings. The molecule has 0 bridgehead atoms. The van der Waals surface area contributed by atoms with Gasteiger partial charge in [0.05, 0.1) is 25.0 Å². The van der Waals surface area contributed by atoms with Gasteiger partial charge < -0.3 is 15.3 Å². The Balaban J connectivity index is 2.18. The van der Waals surface area contributed by atoms with E-state index in [1.165, 1.54) is 12.8 Å². The molecule has 1 aliphatic heterocycles. The first kappa shape index (κ1) is 13.1. The number of aliphatic hydroxyl groups is 1. The van der Waals surface area contributed by atoms with Crippen LogP contribution in [0.2, 0.25) is 0 Å². The average Bonchev–Trinajstić information content (AvgIpc) is 2.64. The first-order chi connectivity index (χ1) is 8.85. The Morgan fingerprint density at radius 3 is 3.06 bits per heavy atom. The second-order valence-electron chi connectivity index (χ2n) is 4.67. The summed E-state index contributed by atoms with van der Waals surface area (Å²) < 4.78 is 0. The molecule has 5 heteroatoms. The van der Waals surface area contributed by atoms with E-state index in [0.717, 1.165) is 37.6 Å². The van der Waals surface area contributed by atoms with Crippen LogP contribution >= 0.6 is 0 Å². The molecule has 2 rings (SSSR count). The Hall–Kier alpha value is -1.36. The van der Waals surface area contributed by atoms with Gasteiger partial charge in [0.15, 0.2) is 0 Å². The first-order valence-electron chi connectivity index (χ1n) is 6.78. The second kappa shape index (κ2) is 6.54. The van der Waals surface area contributed by atoms with Crippen LogP contribution in [0.25, 0.3) is 0 Å². The van der Waals surface area contributed by atoms with E-state index >= 15 is 0 Å². The summed E-state index contributed by atoms with van der Waals surface area (Å²) in [5.74, 6) is 1.67. The maximum absolute atomic E-state index is 9.51. The van der Waals surface area contributed by atoms with Crippen LogP contribution in [0.3, 0.4) is 0 Å². The van der Waals surface area contributed by atoms with Crippen molar-refractivity contribution in [1.82, 2.24) is 9.97 Å². The standard InChI is InChI=1S/C13H22N4O/c1-2-15-12-8-14-9-13(16-12)17-7-5-3-4-6-11(17)10-18/h8-9,11,18H,2-7,10H2,1H3,(H,15,16). The van der Waals surface area contributed by atoms with E-state index in [1.54, 1.807) is 12.4 Å². The molecular weight excluding hydrogens is 228 g/mol. The average molecular weight is 250 g/mol. The zero-order valence-corrected chi connectivity index (χ0v) is 11.0. The van der Waals surface area contributed by atoms with Gasteiger partial charge in [-0.25, -0.2) is 4.98 Å². The Morgan fingerprint density at radius 1 is 1.39 bits per heavy atom. The van der Waals surface area contributed by atoms with E-state index in [9.17, 15) is 5.11 Å². The van der Waals surface area contributed by atoms with E-state index in [0.29, 0.717) is 0 Å². The minimum absolute atomic E-state index is 0.179. The van der Waals surface area contributed by atoms with Gasteiger partial charge in [0.25, 0.3) is 0 Å². The summed E-state index contributed by atoms with van der Waals surface area (Å²) in [6.45, 7) is 4.01. The number of hydrogen-bond donors (Lipinski definition) is 2. The molecule has 1 saturated heterocycles. The highest BCUT2D eigenvalue weighted by molar-refractivity contribution is 5.44. The quantitative estimate of drug-likeness (QED) is 0.851. The van der Waals surface area contributed by atoms with Gasteiger partial charge in [-0.05, 0) is 19.8 Å². The lowest BCUT2D eigenvalue weighted by molar-refractivity contribution is 0.254. The van der Waals surface area contributed by atoms with Gasteiger partial charge in [0.2, 0.25) is 0 Å². The van der Waals surface area contributed by atoms with Crippen LogP contribution in [0.1, 0.15) is 32.6 Å². The molecule has 1 aromatic heterocycles. The van der Waals surface area contributed by atoms with E-state index < -0.39 is 0 Å². The summed E-state index contributed by atoms with van der Waals surface area (Å²) in [7, 11) is 0. The molecular formula is C13H22N4O. The van der Waals surface area contributed by atoms with Crippen molar-refractivity contribution in [2.24, 2.45) is 0 Å². The minimum Gasteiger partial charge on any atom is -0.394 e. The Labute approximate surface area is 108 Å². The number of anilines is 2. The van der Waals surface area contributed by atoms with Crippen molar-refractivity contribution in [3.63, 3.8) is 0 Å². The highest BCUT2D eigenvalue weighted by Crippen LogP contribution is 2.22. The maximum Gasteiger partial charge on any atom is 0.149 e. The van der Waals surface area contributed by atoms with Crippen molar-refractivity contribution >= 4 is 11.6 Å². The number of aromatic nitrogens is 2. The van der Waals surface area contributed by atoms with Crippen molar-refractivity contribution in [3.8, 4) is 0 Å². The third-order valence-corrected chi connectivity index (χ3v) is 3.36. The topological polar surface area (TPSA) is 61.3 Å². The molecule has 18 heavy (non-hydrogen) atoms. The largest absolute Gasteiger partial charge is 0.394 e. The summed E-state index contributed by atoms with van der Waals surface area (Å²) in [4.78, 5) is 11.0. The van der Waals surface area contributed by atoms with Crippen molar-refractivity contribution in [3.05, 3.63) is 12.4 Å². The monoisotopic (exact) mass is 250 g/mol. The molecule has 1 fully saturated rings. The zero-order chi connectivity index (χ0) is 12.8. The normalized spacial score (nSPS) is 20.6. The van der Waals surface area contributed by atoms with Crippen LogP contribution in [-0.4, -0.2) is 40.8 Å². The van der Waals surface area contributed by atoms with E-state index in [4.69, 9.17) is 0 Å². The van der Waals surface area contributed by atoms with E-state index in [2.05, 4.69) is 20.2 Å². The van der Waals surface area contributed by atoms with Crippen molar-refractivity contribution in [2.75, 3.05) is 29.9 Å². The molecule has 0 spiro atoms. The van der Waals surface area contributed by atoms with Crippen LogP contribution in [-0.2, 0) is 0 Å². The molecule has 100 valence electrons. The Kier molecular flexibility index (Phi) is 4.75. The highest BCUT2D eigenvalue weighted by atomic mass is 16.3. The van der Waals surface area contributed by atoms with Gasteiger partial charge in [0.1, 0.15) is 11.6 Å². The third kappa shape index (κ3) is 3.10. The van der Waals surface area contributed by atoms with E-state index in [1.807, 2.05) is 6.92 Å². The molecule has 0 radical (unpaired) electrons. The van der Waals surface area contributed by atoms with Crippen LogP contribution in [0.15, 0.2) is 12.4 Å². The maximum atomic E-state index is 9.51. The number of aliphatic hydroxyl groups excluding tert-OH is 1. The number of hydrogen-bond acceptors (Lipinski definition) is 5. The number of rotatable bonds is 4. The fraction of sp³-hybridized carbons (Fsp3) is 0.692. The highest BCUT2D eigenvalue weighted by Gasteiger charge is 2.21. The molecule has 5 nitrogen and oxygen atoms in total. The van der Waals surface area contributed by atoms with Crippen LogP contribution in [0.4, 0.5) is 11.6 Å². The lowest BCUT2D eigenvalue weighted by Crippen LogP contribution is -2.38. The van der Waals surface area contributed by atoms with Gasteiger partial charge in [-0.3, -0.25) is 4.98 Å². The van der Waals surface area contributed by atoms with Gasteiger partial charge >= 0.3 is 0 Å². The molecule has 1 atom stereocenters. The summed E-state index contributed by atoms with van der Waals surface area (Å²) in [5, 5.41) is 12.7. The van der Waals surface area contributed by atoms with Crippen molar-refractivity contribution in [2.45, 2.75) is 38.6 Å². The molecule has 2 heterocycles. The summed E-state index contributed by atoms with van der Waals surface area (Å²) in [6.07, 6.45) is 8.12. The molecule has 1 aromatic rings. The molecule has 2 N–H and O–H groups in total. The third-order valence-electron chi connectivity index (χ3n) is 3.36. The van der Waals surface area contributed by atoms with Gasteiger partial charge in [-0.1, -0.05) is 12.8 Å². The Bertz CT molecular complexity index is 372. The summed E-state index contributed by atoms with van der Waals surface area (Å²) >= 11 is 0. The van der Waals surface area contributed by atoms with E-state index in [-0.39, 0.29) is 12.6 Å². The van der Waals surface area contributed by atoms with Crippen LogP contribution in [0, 0.1) is 0 Å². The summed E-state index contributed by atoms with van der Waals surface area (Å²) in [5.41, 5.74) is 0. The summed E-state index contributed by atoms with van der Waals surface area (Å²) in [6, 6.07) is 0.179. The lowest BCUT2D eigenvalue weighted by Gasteiger charge is -2.29. The van der Waals surface area contributed by atoms with Gasteiger partial charge in [-0.15, -0.1) is 0 Å². The van der Waals surface area contributed by atoms with Crippen LogP contribution in [0.5, 0.6) is 0 Å². The molecule has 0 aromatic carbocycles. The first-order valence-corrected chi connectivity index (χ1v) is 6.78.